The molecule has 5 heteroatoms. The normalized spacial score (nSPS) is 9.94. The van der Waals surface area contributed by atoms with Crippen LogP contribution in [0, 0.1) is 10.7 Å². The van der Waals surface area contributed by atoms with Crippen molar-refractivity contribution in [3.63, 3.8) is 0 Å². The number of nitrogens with two attached hydrogens (primary N) is 1. The molecule has 2 N–H and O–H groups in total. The maximum Gasteiger partial charge on any atom is 0.295 e. The summed E-state index contributed by atoms with van der Waals surface area (Å²) in [4.78, 5) is 11.1. The van der Waals surface area contributed by atoms with Gasteiger partial charge in [0.15, 0.2) is 4.87 Å². The van der Waals surface area contributed by atoms with Crippen LogP contribution in [0.1, 0.15) is 0 Å². The minimum atomic E-state index is -0.334. The Morgan fingerprint density at radius 1 is 1.06 bits per heavy atom. The smallest absolute Gasteiger partial charge is 0.295 e. The minimum absolute atomic E-state index is 0.248. The Hall–Kier alpha value is -2.43. The van der Waals surface area contributed by atoms with Crippen molar-refractivity contribution in [2.24, 2.45) is 5.84 Å². The molecule has 2 aromatic rings. The summed E-state index contributed by atoms with van der Waals surface area (Å²) in [5.41, 5.74) is 0.282. The van der Waals surface area contributed by atoms with E-state index in [4.69, 9.17) is 10.6 Å². The van der Waals surface area contributed by atoms with Gasteiger partial charge in [-0.3, -0.25) is 0 Å². The Morgan fingerprint density at radius 2 is 1.76 bits per heavy atom. The number of halogens is 1. The van der Waals surface area contributed by atoms with E-state index in [1.165, 1.54) is 30.3 Å². The monoisotopic (exact) mass is 233 g/mol. The summed E-state index contributed by atoms with van der Waals surface area (Å²) in [5.74, 6) is 5.68. The van der Waals surface area contributed by atoms with E-state index in [0.717, 1.165) is 0 Å². The molecule has 0 atom stereocenters. The van der Waals surface area contributed by atoms with Crippen LogP contribution >= 0.6 is 0 Å². The lowest BCUT2D eigenvalue weighted by molar-refractivity contribution is -0.474. The Labute approximate surface area is 97.0 Å². The average Bonchev–Trinajstić information content (AvgIpc) is 2.32. The quantitative estimate of drug-likeness (QED) is 0.503. The van der Waals surface area contributed by atoms with Gasteiger partial charge >= 0.3 is 0 Å². The summed E-state index contributed by atoms with van der Waals surface area (Å²) in [5, 5.41) is 0. The van der Waals surface area contributed by atoms with E-state index < -0.39 is 0 Å². The highest BCUT2D eigenvalue weighted by molar-refractivity contribution is 5.40. The number of hydrazine groups is 1. The molecule has 0 aliphatic rings. The third-order valence-corrected chi connectivity index (χ3v) is 2.12. The zero-order valence-corrected chi connectivity index (χ0v) is 8.84. The molecular formula is C12H10FN2O2+. The standard InChI is InChI=1S/C12H10FN2O2/c13-9-4-6-11(7-5-9)17-12-3-1-2-10(8-12)15(14)16/h1-8H,(H2,14,16)/q+1. The Kier molecular flexibility index (Phi) is 3.00. The maximum absolute atomic E-state index is 12.7. The van der Waals surface area contributed by atoms with Gasteiger partial charge in [-0.2, -0.15) is 5.84 Å². The molecule has 0 unspecified atom stereocenters. The summed E-state index contributed by atoms with van der Waals surface area (Å²) >= 11 is 0. The van der Waals surface area contributed by atoms with Gasteiger partial charge in [-0.15, -0.1) is 0 Å². The molecule has 0 saturated heterocycles. The van der Waals surface area contributed by atoms with Crippen LogP contribution in [0.25, 0.3) is 0 Å². The second kappa shape index (κ2) is 4.61. The van der Waals surface area contributed by atoms with Crippen LogP contribution in [0.2, 0.25) is 0 Å². The van der Waals surface area contributed by atoms with Gasteiger partial charge in [-0.05, 0) is 30.3 Å². The van der Waals surface area contributed by atoms with Gasteiger partial charge in [0.1, 0.15) is 17.3 Å². The fourth-order valence-corrected chi connectivity index (χ4v) is 1.32. The summed E-state index contributed by atoms with van der Waals surface area (Å²) in [6, 6.07) is 12.0. The number of ether oxygens (including phenoxy) is 1. The van der Waals surface area contributed by atoms with Crippen LogP contribution in [0.5, 0.6) is 11.5 Å². The van der Waals surface area contributed by atoms with Crippen molar-refractivity contribution in [1.29, 1.82) is 0 Å². The first-order valence-electron chi connectivity index (χ1n) is 4.90. The predicted molar refractivity (Wildman–Crippen MR) is 60.4 cm³/mol. The molecule has 0 fully saturated rings. The van der Waals surface area contributed by atoms with Crippen LogP contribution in [0.15, 0.2) is 48.5 Å². The molecule has 0 bridgehead atoms. The van der Waals surface area contributed by atoms with Crippen LogP contribution in [-0.4, -0.2) is 4.87 Å². The van der Waals surface area contributed by atoms with Gasteiger partial charge in [0, 0.05) is 6.07 Å². The first-order chi connectivity index (χ1) is 8.15. The molecule has 4 nitrogen and oxygen atoms in total. The molecule has 17 heavy (non-hydrogen) atoms. The van der Waals surface area contributed by atoms with Gasteiger partial charge < -0.3 is 4.74 Å². The van der Waals surface area contributed by atoms with Crippen molar-refractivity contribution in [2.75, 3.05) is 0 Å². The van der Waals surface area contributed by atoms with Gasteiger partial charge in [-0.1, -0.05) is 6.07 Å². The first kappa shape index (κ1) is 11.1. The lowest BCUT2D eigenvalue weighted by atomic mass is 10.3. The van der Waals surface area contributed by atoms with Crippen molar-refractivity contribution in [3.05, 3.63) is 59.3 Å². The van der Waals surface area contributed by atoms with Crippen LogP contribution in [-0.2, 0) is 0 Å². The molecule has 86 valence electrons. The van der Waals surface area contributed by atoms with Crippen molar-refractivity contribution in [3.8, 4) is 11.5 Å². The molecule has 2 aromatic carbocycles. The van der Waals surface area contributed by atoms with Crippen LogP contribution < -0.4 is 10.6 Å². The number of rotatable bonds is 3. The molecule has 0 aromatic heterocycles. The highest BCUT2D eigenvalue weighted by Gasteiger charge is 2.09. The Morgan fingerprint density at radius 3 is 2.41 bits per heavy atom. The second-order valence-corrected chi connectivity index (χ2v) is 3.38. The number of hydrogen-bond acceptors (Lipinski definition) is 2. The van der Waals surface area contributed by atoms with Gasteiger partial charge in [0.25, 0.3) is 5.69 Å². The maximum atomic E-state index is 12.7. The molecule has 0 aliphatic heterocycles. The molecule has 0 aliphatic carbocycles. The van der Waals surface area contributed by atoms with E-state index in [9.17, 15) is 9.30 Å². The molecule has 0 heterocycles. The third-order valence-electron chi connectivity index (χ3n) is 2.12. The zero-order chi connectivity index (χ0) is 12.3. The highest BCUT2D eigenvalue weighted by atomic mass is 19.1. The average molecular weight is 233 g/mol. The van der Waals surface area contributed by atoms with Gasteiger partial charge in [0.05, 0.1) is 11.0 Å². The zero-order valence-electron chi connectivity index (χ0n) is 8.84. The van der Waals surface area contributed by atoms with Crippen molar-refractivity contribution < 1.29 is 14.0 Å². The second-order valence-electron chi connectivity index (χ2n) is 3.38. The molecule has 0 amide bonds. The van der Waals surface area contributed by atoms with E-state index >= 15 is 0 Å². The van der Waals surface area contributed by atoms with E-state index in [-0.39, 0.29) is 16.4 Å². The minimum Gasteiger partial charge on any atom is -0.457 e. The van der Waals surface area contributed by atoms with E-state index in [0.29, 0.717) is 11.5 Å². The Balaban J connectivity index is 2.21. The lowest BCUT2D eigenvalue weighted by Gasteiger charge is -2.04. The number of nitrogens with zero attached hydrogens (tertiary/aromatic N) is 1. The van der Waals surface area contributed by atoms with Gasteiger partial charge in [0.2, 0.25) is 0 Å². The van der Waals surface area contributed by atoms with E-state index in [1.54, 1.807) is 18.2 Å². The van der Waals surface area contributed by atoms with Crippen LogP contribution in [0.4, 0.5) is 10.1 Å². The van der Waals surface area contributed by atoms with Crippen molar-refractivity contribution in [2.45, 2.75) is 0 Å². The third kappa shape index (κ3) is 2.78. The number of benzene rings is 2. The highest BCUT2D eigenvalue weighted by Crippen LogP contribution is 2.24. The number of hydrogen-bond donors (Lipinski definition) is 1. The fraction of sp³-hybridized carbons (Fsp3) is 0. The van der Waals surface area contributed by atoms with Crippen molar-refractivity contribution in [1.82, 2.24) is 0 Å². The summed E-state index contributed by atoms with van der Waals surface area (Å²) in [6.45, 7) is 0. The topological polar surface area (TPSA) is 55.3 Å². The fourth-order valence-electron chi connectivity index (χ4n) is 1.32. The molecule has 0 radical (unpaired) electrons. The summed E-state index contributed by atoms with van der Waals surface area (Å²) in [6.07, 6.45) is 0. The summed E-state index contributed by atoms with van der Waals surface area (Å²) in [7, 11) is 0. The largest absolute Gasteiger partial charge is 0.457 e. The first-order valence-corrected chi connectivity index (χ1v) is 4.90. The van der Waals surface area contributed by atoms with Crippen LogP contribution in [0.3, 0.4) is 0 Å². The number of nitroso groups, excluding NO2 is 1. The SMILES string of the molecule is N[N+](=O)c1cccc(Oc2ccc(F)cc2)c1. The molecule has 2 rings (SSSR count). The molecule has 0 spiro atoms. The van der Waals surface area contributed by atoms with E-state index in [2.05, 4.69) is 0 Å². The lowest BCUT2D eigenvalue weighted by Crippen LogP contribution is -2.08. The van der Waals surface area contributed by atoms with Crippen molar-refractivity contribution >= 4 is 5.69 Å². The Bertz CT molecular complexity index is 540. The molecule has 0 saturated carbocycles. The van der Waals surface area contributed by atoms with Gasteiger partial charge in [-0.25, -0.2) is 4.39 Å². The summed E-state index contributed by atoms with van der Waals surface area (Å²) < 4.78 is 18.1. The predicted octanol–water partition coefficient (Wildman–Crippen LogP) is 2.90. The van der Waals surface area contributed by atoms with E-state index in [1.807, 2.05) is 0 Å². The molecular weight excluding hydrogens is 223 g/mol.